The van der Waals surface area contributed by atoms with Crippen LogP contribution in [0.25, 0.3) is 0 Å². The monoisotopic (exact) mass is 337 g/mol. The number of piperidine rings is 1. The molecule has 1 saturated heterocycles. The molecule has 8 heteroatoms. The molecule has 0 radical (unpaired) electrons. The summed E-state index contributed by atoms with van der Waals surface area (Å²) in [4.78, 5) is 13.6. The van der Waals surface area contributed by atoms with Gasteiger partial charge in [0, 0.05) is 13.1 Å². The molecule has 0 bridgehead atoms. The Morgan fingerprint density at radius 3 is 2.14 bits per heavy atom. The highest BCUT2D eigenvalue weighted by Gasteiger charge is 2.37. The van der Waals surface area contributed by atoms with Crippen LogP contribution < -0.4 is 0 Å². The fourth-order valence-corrected chi connectivity index (χ4v) is 2.81. The third-order valence-electron chi connectivity index (χ3n) is 3.59. The van der Waals surface area contributed by atoms with Crippen LogP contribution in [0.1, 0.15) is 40.5 Å². The van der Waals surface area contributed by atoms with Gasteiger partial charge in [-0.1, -0.05) is 0 Å². The maximum atomic E-state index is 12.0. The molecule has 1 aliphatic rings. The van der Waals surface area contributed by atoms with Gasteiger partial charge in [-0.2, -0.15) is 8.42 Å². The van der Waals surface area contributed by atoms with Gasteiger partial charge in [0.25, 0.3) is 10.1 Å². The van der Waals surface area contributed by atoms with Crippen LogP contribution in [0.3, 0.4) is 0 Å². The van der Waals surface area contributed by atoms with E-state index in [1.54, 1.807) is 11.8 Å². The van der Waals surface area contributed by atoms with Gasteiger partial charge in [-0.15, -0.1) is 0 Å². The Labute approximate surface area is 132 Å². The summed E-state index contributed by atoms with van der Waals surface area (Å²) in [5.41, 5.74) is -1.79. The van der Waals surface area contributed by atoms with E-state index in [4.69, 9.17) is 8.92 Å². The lowest BCUT2D eigenvalue weighted by atomic mass is 9.82. The maximum Gasteiger partial charge on any atom is 0.410 e. The smallest absolute Gasteiger partial charge is 0.410 e. The van der Waals surface area contributed by atoms with Gasteiger partial charge in [0.2, 0.25) is 0 Å². The Balaban J connectivity index is 2.52. The predicted octanol–water partition coefficient (Wildman–Crippen LogP) is 1.36. The number of aliphatic hydroxyl groups is 1. The second-order valence-electron chi connectivity index (χ2n) is 7.07. The topological polar surface area (TPSA) is 93.1 Å². The number of likely N-dealkylation sites (tertiary alicyclic amines) is 1. The second kappa shape index (κ2) is 6.72. The van der Waals surface area contributed by atoms with Gasteiger partial charge in [0.05, 0.1) is 18.5 Å². The van der Waals surface area contributed by atoms with Crippen LogP contribution in [0.2, 0.25) is 0 Å². The Hall–Kier alpha value is -0.860. The van der Waals surface area contributed by atoms with E-state index < -0.39 is 21.3 Å². The second-order valence-corrected chi connectivity index (χ2v) is 8.71. The molecule has 0 aromatic rings. The molecule has 1 N–H and O–H groups in total. The van der Waals surface area contributed by atoms with Crippen molar-refractivity contribution in [3.05, 3.63) is 0 Å². The molecule has 0 saturated carbocycles. The van der Waals surface area contributed by atoms with E-state index in [0.717, 1.165) is 6.26 Å². The third kappa shape index (κ3) is 6.50. The lowest BCUT2D eigenvalue weighted by Gasteiger charge is -2.39. The first-order chi connectivity index (χ1) is 9.80. The minimum atomic E-state index is -3.59. The number of carbonyl (C=O) groups is 1. The summed E-state index contributed by atoms with van der Waals surface area (Å²) in [6, 6.07) is 0. The highest BCUT2D eigenvalue weighted by atomic mass is 32.2. The number of nitrogens with zero attached hydrogens (tertiary/aromatic N) is 1. The van der Waals surface area contributed by atoms with Crippen molar-refractivity contribution >= 4 is 16.2 Å². The molecule has 1 rings (SSSR count). The number of amides is 1. The normalized spacial score (nSPS) is 20.5. The maximum absolute atomic E-state index is 12.0. The first-order valence-electron chi connectivity index (χ1n) is 7.35. The molecule has 1 amide bonds. The van der Waals surface area contributed by atoms with Gasteiger partial charge in [0.1, 0.15) is 5.60 Å². The van der Waals surface area contributed by atoms with E-state index in [-0.39, 0.29) is 18.6 Å². The quantitative estimate of drug-likeness (QED) is 0.779. The SMILES string of the molecule is CC(C)(C)OC(=O)N1CCC([C@](C)(O)COS(C)(=O)=O)CC1. The molecule has 7 nitrogen and oxygen atoms in total. The number of hydrogen-bond donors (Lipinski definition) is 1. The van der Waals surface area contributed by atoms with Crippen LogP contribution in [0.5, 0.6) is 0 Å². The van der Waals surface area contributed by atoms with Gasteiger partial charge in [-0.05, 0) is 46.5 Å². The van der Waals surface area contributed by atoms with E-state index in [9.17, 15) is 18.3 Å². The Morgan fingerprint density at radius 1 is 1.23 bits per heavy atom. The predicted molar refractivity (Wildman–Crippen MR) is 82.0 cm³/mol. The lowest BCUT2D eigenvalue weighted by molar-refractivity contribution is -0.0588. The van der Waals surface area contributed by atoms with Crippen molar-refractivity contribution in [3.8, 4) is 0 Å². The van der Waals surface area contributed by atoms with Crippen LogP contribution in [0, 0.1) is 5.92 Å². The zero-order valence-electron chi connectivity index (χ0n) is 14.0. The number of carbonyl (C=O) groups excluding carboxylic acids is 1. The van der Waals surface area contributed by atoms with E-state index in [1.165, 1.54) is 0 Å². The molecule has 0 aliphatic carbocycles. The summed E-state index contributed by atoms with van der Waals surface area (Å²) in [5, 5.41) is 10.4. The fraction of sp³-hybridized carbons (Fsp3) is 0.929. The van der Waals surface area contributed by atoms with Crippen molar-refractivity contribution in [3.63, 3.8) is 0 Å². The highest BCUT2D eigenvalue weighted by molar-refractivity contribution is 7.85. The summed E-state index contributed by atoms with van der Waals surface area (Å²) in [7, 11) is -3.59. The first kappa shape index (κ1) is 19.2. The van der Waals surface area contributed by atoms with Gasteiger partial charge < -0.3 is 14.7 Å². The summed E-state index contributed by atoms with van der Waals surface area (Å²) in [6.07, 6.45) is 1.73. The van der Waals surface area contributed by atoms with Crippen LogP contribution in [-0.4, -0.2) is 61.7 Å². The zero-order valence-corrected chi connectivity index (χ0v) is 14.8. The first-order valence-corrected chi connectivity index (χ1v) is 9.16. The van der Waals surface area contributed by atoms with Gasteiger partial charge in [-0.25, -0.2) is 4.79 Å². The fourth-order valence-electron chi connectivity index (χ4n) is 2.35. The zero-order chi connectivity index (χ0) is 17.2. The molecule has 1 atom stereocenters. The van der Waals surface area contributed by atoms with Crippen LogP contribution in [-0.2, 0) is 19.0 Å². The molecular weight excluding hydrogens is 310 g/mol. The summed E-state index contributed by atoms with van der Waals surface area (Å²) in [6.45, 7) is 7.65. The van der Waals surface area contributed by atoms with E-state index in [2.05, 4.69) is 0 Å². The van der Waals surface area contributed by atoms with Crippen molar-refractivity contribution in [2.45, 2.75) is 51.7 Å². The van der Waals surface area contributed by atoms with Crippen LogP contribution in [0.15, 0.2) is 0 Å². The van der Waals surface area contributed by atoms with Gasteiger partial charge in [0.15, 0.2) is 0 Å². The minimum Gasteiger partial charge on any atom is -0.444 e. The highest BCUT2D eigenvalue weighted by Crippen LogP contribution is 2.29. The molecule has 0 aromatic heterocycles. The Kier molecular flexibility index (Phi) is 5.86. The molecule has 22 heavy (non-hydrogen) atoms. The molecule has 1 aliphatic heterocycles. The van der Waals surface area contributed by atoms with Crippen LogP contribution in [0.4, 0.5) is 4.79 Å². The number of hydrogen-bond acceptors (Lipinski definition) is 6. The third-order valence-corrected chi connectivity index (χ3v) is 4.14. The molecule has 0 aromatic carbocycles. The average molecular weight is 337 g/mol. The molecule has 1 fully saturated rings. The average Bonchev–Trinajstić information content (AvgIpc) is 2.34. The van der Waals surface area contributed by atoms with Crippen molar-refractivity contribution < 1.29 is 27.2 Å². The Bertz CT molecular complexity index is 486. The lowest BCUT2D eigenvalue weighted by Crippen LogP contribution is -2.48. The van der Waals surface area contributed by atoms with E-state index in [1.807, 2.05) is 20.8 Å². The van der Waals surface area contributed by atoms with Crippen molar-refractivity contribution in [2.75, 3.05) is 26.0 Å². The number of rotatable bonds is 4. The standard InChI is InChI=1S/C14H27NO6S/c1-13(2,3)21-12(16)15-8-6-11(7-9-15)14(4,17)10-20-22(5,18)19/h11,17H,6-10H2,1-5H3/t14-/m1/s1. The van der Waals surface area contributed by atoms with Gasteiger partial charge >= 0.3 is 6.09 Å². The van der Waals surface area contributed by atoms with Crippen molar-refractivity contribution in [1.29, 1.82) is 0 Å². The summed E-state index contributed by atoms with van der Waals surface area (Å²) < 4.78 is 32.1. The van der Waals surface area contributed by atoms with Crippen LogP contribution >= 0.6 is 0 Å². The largest absolute Gasteiger partial charge is 0.444 e. The molecule has 0 unspecified atom stereocenters. The molecule has 0 spiro atoms. The number of ether oxygens (including phenoxy) is 1. The van der Waals surface area contributed by atoms with Crippen molar-refractivity contribution in [1.82, 2.24) is 4.90 Å². The van der Waals surface area contributed by atoms with Crippen molar-refractivity contribution in [2.24, 2.45) is 5.92 Å². The molecular formula is C14H27NO6S. The summed E-state index contributed by atoms with van der Waals surface area (Å²) >= 11 is 0. The minimum absolute atomic E-state index is 0.132. The van der Waals surface area contributed by atoms with Gasteiger partial charge in [-0.3, -0.25) is 4.18 Å². The summed E-state index contributed by atoms with van der Waals surface area (Å²) in [5.74, 6) is -0.132. The Morgan fingerprint density at radius 2 is 1.73 bits per heavy atom. The van der Waals surface area contributed by atoms with E-state index in [0.29, 0.717) is 25.9 Å². The van der Waals surface area contributed by atoms with E-state index >= 15 is 0 Å². The molecule has 130 valence electrons. The molecule has 1 heterocycles.